The first-order chi connectivity index (χ1) is 16.9. The lowest BCUT2D eigenvalue weighted by molar-refractivity contribution is 0.373. The summed E-state index contributed by atoms with van der Waals surface area (Å²) in [6, 6.07) is 5.15. The van der Waals surface area contributed by atoms with Gasteiger partial charge in [-0.3, -0.25) is 4.79 Å². The van der Waals surface area contributed by atoms with E-state index in [2.05, 4.69) is 48.2 Å². The van der Waals surface area contributed by atoms with Gasteiger partial charge in [-0.25, -0.2) is 13.2 Å². The minimum Gasteiger partial charge on any atom is -0.343 e. The van der Waals surface area contributed by atoms with E-state index in [4.69, 9.17) is 4.52 Å². The molecule has 0 saturated carbocycles. The van der Waals surface area contributed by atoms with Crippen molar-refractivity contribution in [1.82, 2.24) is 34.3 Å². The Bertz CT molecular complexity index is 1550. The quantitative estimate of drug-likeness (QED) is 0.276. The van der Waals surface area contributed by atoms with E-state index < -0.39 is 11.6 Å². The molecule has 0 aliphatic carbocycles. The minimum absolute atomic E-state index is 0.133. The Morgan fingerprint density at radius 1 is 1.09 bits per heavy atom. The number of halogens is 3. The van der Waals surface area contributed by atoms with Crippen LogP contribution in [0.4, 0.5) is 8.78 Å². The molecule has 0 aliphatic heterocycles. The maximum absolute atomic E-state index is 13.4. The fourth-order valence-electron chi connectivity index (χ4n) is 4.18. The van der Waals surface area contributed by atoms with Crippen molar-refractivity contribution in [2.24, 2.45) is 0 Å². The van der Waals surface area contributed by atoms with Crippen LogP contribution in [0.5, 0.6) is 0 Å². The summed E-state index contributed by atoms with van der Waals surface area (Å²) in [6.45, 7) is 2.85. The molecule has 9 nitrogen and oxygen atoms in total. The number of nitrogens with zero attached hydrogens (tertiary/aromatic N) is 6. The SMILES string of the molecule is CCCCCn1c2cc(Br)[nH]c2c(=O)n2c(CCc3nc(Cc4cc(F)cc(F)c4)no3)nnc12. The molecular formula is C23H22BrF2N7O2. The van der Waals surface area contributed by atoms with Gasteiger partial charge in [0.05, 0.1) is 10.1 Å². The zero-order valence-electron chi connectivity index (χ0n) is 18.9. The summed E-state index contributed by atoms with van der Waals surface area (Å²) < 4.78 is 36.4. The molecular weight excluding hydrogens is 524 g/mol. The highest BCUT2D eigenvalue weighted by molar-refractivity contribution is 9.10. The van der Waals surface area contributed by atoms with Crippen molar-refractivity contribution in [2.45, 2.75) is 52.0 Å². The van der Waals surface area contributed by atoms with Gasteiger partial charge in [0.2, 0.25) is 11.7 Å². The van der Waals surface area contributed by atoms with E-state index in [9.17, 15) is 13.6 Å². The molecule has 5 aromatic rings. The Morgan fingerprint density at radius 2 is 1.89 bits per heavy atom. The van der Waals surface area contributed by atoms with Crippen LogP contribution in [0, 0.1) is 11.6 Å². The Balaban J connectivity index is 1.40. The number of unbranched alkanes of at least 4 members (excludes halogenated alkanes) is 2. The second-order valence-electron chi connectivity index (χ2n) is 8.35. The van der Waals surface area contributed by atoms with Crippen LogP contribution < -0.4 is 5.56 Å². The summed E-state index contributed by atoms with van der Waals surface area (Å²) in [5.74, 6) is 0.290. The third-order valence-electron chi connectivity index (χ3n) is 5.77. The van der Waals surface area contributed by atoms with Crippen LogP contribution in [0.15, 0.2) is 38.2 Å². The molecule has 0 bridgehead atoms. The normalized spacial score (nSPS) is 11.8. The smallest absolute Gasteiger partial charge is 0.284 e. The molecule has 35 heavy (non-hydrogen) atoms. The summed E-state index contributed by atoms with van der Waals surface area (Å²) in [7, 11) is 0. The van der Waals surface area contributed by atoms with Gasteiger partial charge in [0.15, 0.2) is 5.82 Å². The van der Waals surface area contributed by atoms with E-state index in [1.165, 1.54) is 16.5 Å². The highest BCUT2D eigenvalue weighted by atomic mass is 79.9. The number of H-pyrrole nitrogens is 1. The number of fused-ring (bicyclic) bond motifs is 2. The molecule has 0 fully saturated rings. The van der Waals surface area contributed by atoms with Crippen LogP contribution in [0.1, 0.15) is 49.3 Å². The van der Waals surface area contributed by atoms with Gasteiger partial charge in [-0.05, 0) is 46.1 Å². The van der Waals surface area contributed by atoms with Crippen molar-refractivity contribution >= 4 is 32.7 Å². The Kier molecular flexibility index (Phi) is 6.46. The fourth-order valence-corrected chi connectivity index (χ4v) is 4.59. The zero-order chi connectivity index (χ0) is 24.5. The molecule has 4 heterocycles. The minimum atomic E-state index is -0.661. The first-order valence-corrected chi connectivity index (χ1v) is 12.1. The third kappa shape index (κ3) is 4.75. The average molecular weight is 546 g/mol. The van der Waals surface area contributed by atoms with Crippen LogP contribution in [-0.4, -0.2) is 34.3 Å². The number of benzene rings is 1. The average Bonchev–Trinajstić information content (AvgIpc) is 3.52. The van der Waals surface area contributed by atoms with Gasteiger partial charge >= 0.3 is 0 Å². The van der Waals surface area contributed by atoms with Crippen molar-refractivity contribution in [3.63, 3.8) is 0 Å². The highest BCUT2D eigenvalue weighted by Gasteiger charge is 2.19. The van der Waals surface area contributed by atoms with Crippen LogP contribution in [0.3, 0.4) is 0 Å². The lowest BCUT2D eigenvalue weighted by atomic mass is 10.1. The first kappa shape index (κ1) is 23.3. The predicted octanol–water partition coefficient (Wildman–Crippen LogP) is 4.36. The monoisotopic (exact) mass is 545 g/mol. The molecule has 0 radical (unpaired) electrons. The summed E-state index contributed by atoms with van der Waals surface area (Å²) in [6.07, 6.45) is 3.90. The van der Waals surface area contributed by atoms with Crippen molar-refractivity contribution in [3.05, 3.63) is 74.0 Å². The van der Waals surface area contributed by atoms with Crippen molar-refractivity contribution in [2.75, 3.05) is 0 Å². The van der Waals surface area contributed by atoms with E-state index in [0.717, 1.165) is 30.8 Å². The number of aromatic amines is 1. The first-order valence-electron chi connectivity index (χ1n) is 11.3. The van der Waals surface area contributed by atoms with Gasteiger partial charge in [-0.15, -0.1) is 10.2 Å². The second kappa shape index (κ2) is 9.68. The Hall–Kier alpha value is -3.41. The summed E-state index contributed by atoms with van der Waals surface area (Å²) in [4.78, 5) is 20.6. The van der Waals surface area contributed by atoms with Crippen LogP contribution in [-0.2, 0) is 25.8 Å². The van der Waals surface area contributed by atoms with E-state index in [0.29, 0.717) is 58.4 Å². The fraction of sp³-hybridized carbons (Fsp3) is 0.348. The number of nitrogens with one attached hydrogen (secondary N) is 1. The van der Waals surface area contributed by atoms with E-state index in [1.807, 2.05) is 10.6 Å². The lowest BCUT2D eigenvalue weighted by Gasteiger charge is -2.10. The standard InChI is InChI=1S/C23H22BrF2N7O2/c1-2-3-4-7-32-16-12-17(24)27-21(16)22(34)33-19(29-30-23(32)33)5-6-20-28-18(31-35-20)10-13-8-14(25)11-15(26)9-13/h8-9,11-12,27H,2-7,10H2,1H3. The molecule has 1 aromatic carbocycles. The zero-order valence-corrected chi connectivity index (χ0v) is 20.5. The maximum Gasteiger partial charge on any atom is 0.284 e. The molecule has 4 aromatic heterocycles. The number of hydrogen-bond acceptors (Lipinski definition) is 6. The third-order valence-corrected chi connectivity index (χ3v) is 6.20. The molecule has 0 amide bonds. The van der Waals surface area contributed by atoms with Gasteiger partial charge in [0.1, 0.15) is 23.0 Å². The van der Waals surface area contributed by atoms with Gasteiger partial charge in [-0.1, -0.05) is 24.9 Å². The van der Waals surface area contributed by atoms with Gasteiger partial charge in [0.25, 0.3) is 5.56 Å². The van der Waals surface area contributed by atoms with Crippen LogP contribution in [0.2, 0.25) is 0 Å². The van der Waals surface area contributed by atoms with Crippen molar-refractivity contribution < 1.29 is 13.3 Å². The molecule has 0 unspecified atom stereocenters. The molecule has 5 rings (SSSR count). The van der Waals surface area contributed by atoms with E-state index >= 15 is 0 Å². The maximum atomic E-state index is 13.4. The molecule has 0 aliphatic rings. The predicted molar refractivity (Wildman–Crippen MR) is 127 cm³/mol. The second-order valence-corrected chi connectivity index (χ2v) is 9.21. The topological polar surface area (TPSA) is 107 Å². The molecule has 0 spiro atoms. The Morgan fingerprint density at radius 3 is 2.66 bits per heavy atom. The molecule has 0 saturated heterocycles. The van der Waals surface area contributed by atoms with Crippen LogP contribution >= 0.6 is 15.9 Å². The van der Waals surface area contributed by atoms with E-state index in [1.54, 1.807) is 0 Å². The molecule has 182 valence electrons. The van der Waals surface area contributed by atoms with Gasteiger partial charge < -0.3 is 14.1 Å². The summed E-state index contributed by atoms with van der Waals surface area (Å²) >= 11 is 3.43. The van der Waals surface area contributed by atoms with Gasteiger partial charge in [-0.2, -0.15) is 4.98 Å². The Labute approximate surface area is 206 Å². The molecule has 0 atom stereocenters. The van der Waals surface area contributed by atoms with Crippen molar-refractivity contribution in [1.29, 1.82) is 0 Å². The highest BCUT2D eigenvalue weighted by Crippen LogP contribution is 2.20. The summed E-state index contributed by atoms with van der Waals surface area (Å²) in [5, 5.41) is 12.5. The number of aryl methyl sites for hydroxylation is 3. The van der Waals surface area contributed by atoms with Crippen molar-refractivity contribution in [3.8, 4) is 0 Å². The number of rotatable bonds is 9. The number of aromatic nitrogens is 7. The lowest BCUT2D eigenvalue weighted by Crippen LogP contribution is -2.21. The van der Waals surface area contributed by atoms with E-state index in [-0.39, 0.29) is 12.0 Å². The van der Waals surface area contributed by atoms with Gasteiger partial charge in [0, 0.05) is 31.9 Å². The summed E-state index contributed by atoms with van der Waals surface area (Å²) in [5.41, 5.74) is 1.43. The molecule has 1 N–H and O–H groups in total. The molecule has 12 heteroatoms. The number of hydrogen-bond donors (Lipinski definition) is 1. The van der Waals surface area contributed by atoms with Crippen LogP contribution in [0.25, 0.3) is 16.8 Å². The largest absolute Gasteiger partial charge is 0.343 e.